The third kappa shape index (κ3) is 4.23. The summed E-state index contributed by atoms with van der Waals surface area (Å²) in [4.78, 5) is 19.1. The zero-order valence-corrected chi connectivity index (χ0v) is 14.9. The highest BCUT2D eigenvalue weighted by Crippen LogP contribution is 2.20. The number of anilines is 2. The molecule has 0 bridgehead atoms. The summed E-state index contributed by atoms with van der Waals surface area (Å²) in [5.74, 6) is 0.253. The fourth-order valence-electron chi connectivity index (χ4n) is 2.05. The maximum Gasteiger partial charge on any atom is 0.255 e. The monoisotopic (exact) mass is 440 g/mol. The van der Waals surface area contributed by atoms with Gasteiger partial charge in [0.1, 0.15) is 0 Å². The third-order valence-electron chi connectivity index (χ3n) is 3.14. The predicted octanol–water partition coefficient (Wildman–Crippen LogP) is 3.94. The average Bonchev–Trinajstić information content (AvgIpc) is 2.94. The fourth-order valence-corrected chi connectivity index (χ4v) is 2.59. The van der Waals surface area contributed by atoms with Crippen molar-refractivity contribution in [2.24, 2.45) is 0 Å². The Morgan fingerprint density at radius 2 is 1.91 bits per heavy atom. The van der Waals surface area contributed by atoms with Gasteiger partial charge in [0.15, 0.2) is 5.95 Å². The van der Waals surface area contributed by atoms with Crippen molar-refractivity contribution < 1.29 is 4.79 Å². The quantitative estimate of drug-likeness (QED) is 0.540. The van der Waals surface area contributed by atoms with E-state index in [1.807, 2.05) is 42.5 Å². The van der Waals surface area contributed by atoms with E-state index >= 15 is 0 Å². The number of nitrogen functional groups attached to an aromatic ring is 1. The summed E-state index contributed by atoms with van der Waals surface area (Å²) >= 11 is 2.18. The molecule has 3 aromatic rings. The van der Waals surface area contributed by atoms with Gasteiger partial charge in [-0.15, -0.1) is 12.4 Å². The van der Waals surface area contributed by atoms with Crippen LogP contribution in [0.15, 0.2) is 54.7 Å². The van der Waals surface area contributed by atoms with Gasteiger partial charge in [-0.1, -0.05) is 18.2 Å². The number of hydrogen-bond donors (Lipinski definition) is 3. The number of carbonyl (C=O) groups excluding carboxylic acids is 1. The minimum absolute atomic E-state index is 0. The van der Waals surface area contributed by atoms with E-state index in [4.69, 9.17) is 5.73 Å². The lowest BCUT2D eigenvalue weighted by molar-refractivity contribution is 0.102. The predicted molar refractivity (Wildman–Crippen MR) is 103 cm³/mol. The van der Waals surface area contributed by atoms with Crippen molar-refractivity contribution in [2.75, 3.05) is 11.1 Å². The first-order chi connectivity index (χ1) is 10.6. The van der Waals surface area contributed by atoms with E-state index in [1.165, 1.54) is 0 Å². The second kappa shape index (κ2) is 7.47. The van der Waals surface area contributed by atoms with Gasteiger partial charge in [-0.2, -0.15) is 0 Å². The zero-order chi connectivity index (χ0) is 15.5. The number of aromatic nitrogens is 2. The van der Waals surface area contributed by atoms with Crippen LogP contribution in [0.2, 0.25) is 0 Å². The number of benzene rings is 2. The number of amides is 1. The Labute approximate surface area is 153 Å². The molecule has 23 heavy (non-hydrogen) atoms. The van der Waals surface area contributed by atoms with Gasteiger partial charge in [0.25, 0.3) is 5.91 Å². The van der Waals surface area contributed by atoms with E-state index in [0.29, 0.717) is 11.5 Å². The van der Waals surface area contributed by atoms with Crippen LogP contribution in [-0.4, -0.2) is 15.9 Å². The van der Waals surface area contributed by atoms with E-state index in [2.05, 4.69) is 37.9 Å². The number of nitrogens with one attached hydrogen (secondary N) is 2. The number of hydrogen-bond acceptors (Lipinski definition) is 3. The molecule has 7 heteroatoms. The highest BCUT2D eigenvalue weighted by atomic mass is 127. The Kier molecular flexibility index (Phi) is 5.62. The molecule has 0 aliphatic rings. The first kappa shape index (κ1) is 17.3. The van der Waals surface area contributed by atoms with Crippen LogP contribution in [0.4, 0.5) is 11.6 Å². The van der Waals surface area contributed by atoms with Crippen LogP contribution >= 0.6 is 35.0 Å². The number of halogens is 2. The number of rotatable bonds is 3. The zero-order valence-electron chi connectivity index (χ0n) is 11.9. The highest BCUT2D eigenvalue weighted by molar-refractivity contribution is 14.1. The van der Waals surface area contributed by atoms with Gasteiger partial charge in [-0.3, -0.25) is 4.79 Å². The highest BCUT2D eigenvalue weighted by Gasteiger charge is 2.07. The van der Waals surface area contributed by atoms with Gasteiger partial charge in [-0.05, 0) is 58.5 Å². The van der Waals surface area contributed by atoms with Crippen LogP contribution < -0.4 is 11.1 Å². The van der Waals surface area contributed by atoms with E-state index in [-0.39, 0.29) is 18.3 Å². The number of imidazole rings is 1. The molecule has 1 aromatic heterocycles. The number of aromatic amines is 1. The molecular formula is C16H14ClIN4O. The van der Waals surface area contributed by atoms with Crippen LogP contribution in [0.5, 0.6) is 0 Å². The summed E-state index contributed by atoms with van der Waals surface area (Å²) in [5.41, 5.74) is 8.73. The van der Waals surface area contributed by atoms with Crippen molar-refractivity contribution in [1.29, 1.82) is 0 Å². The number of nitrogens with zero attached hydrogens (tertiary/aromatic N) is 1. The SMILES string of the molecule is Cl.Nc1ncc(-c2ccc(NC(=O)c3cccc(I)c3)cc2)[nH]1. The Balaban J connectivity index is 0.00000192. The lowest BCUT2D eigenvalue weighted by Crippen LogP contribution is -2.11. The number of carbonyl (C=O) groups is 1. The molecule has 1 heterocycles. The molecule has 5 nitrogen and oxygen atoms in total. The van der Waals surface area contributed by atoms with Gasteiger partial charge < -0.3 is 16.0 Å². The Bertz CT molecular complexity index is 817. The fraction of sp³-hybridized carbons (Fsp3) is 0. The van der Waals surface area contributed by atoms with Gasteiger partial charge in [0.05, 0.1) is 11.9 Å². The first-order valence-corrected chi connectivity index (χ1v) is 7.67. The van der Waals surface area contributed by atoms with Crippen molar-refractivity contribution in [2.45, 2.75) is 0 Å². The van der Waals surface area contributed by atoms with Crippen LogP contribution in [0, 0.1) is 3.57 Å². The van der Waals surface area contributed by atoms with Crippen molar-refractivity contribution in [1.82, 2.24) is 9.97 Å². The van der Waals surface area contributed by atoms with E-state index in [1.54, 1.807) is 12.3 Å². The van der Waals surface area contributed by atoms with Crippen LogP contribution in [0.25, 0.3) is 11.3 Å². The maximum atomic E-state index is 12.2. The molecule has 0 radical (unpaired) electrons. The van der Waals surface area contributed by atoms with Crippen molar-refractivity contribution in [3.63, 3.8) is 0 Å². The molecule has 0 saturated heterocycles. The van der Waals surface area contributed by atoms with Crippen LogP contribution in [0.1, 0.15) is 10.4 Å². The topological polar surface area (TPSA) is 83.8 Å². The number of H-pyrrole nitrogens is 1. The van der Waals surface area contributed by atoms with Gasteiger partial charge >= 0.3 is 0 Å². The normalized spacial score (nSPS) is 9.96. The van der Waals surface area contributed by atoms with E-state index in [0.717, 1.165) is 20.5 Å². The molecule has 0 unspecified atom stereocenters. The minimum Gasteiger partial charge on any atom is -0.369 e. The second-order valence-electron chi connectivity index (χ2n) is 4.72. The van der Waals surface area contributed by atoms with E-state index < -0.39 is 0 Å². The number of nitrogens with two attached hydrogens (primary N) is 1. The second-order valence-corrected chi connectivity index (χ2v) is 5.97. The smallest absolute Gasteiger partial charge is 0.255 e. The van der Waals surface area contributed by atoms with Gasteiger partial charge in [0.2, 0.25) is 0 Å². The van der Waals surface area contributed by atoms with E-state index in [9.17, 15) is 4.79 Å². The van der Waals surface area contributed by atoms with Gasteiger partial charge in [-0.25, -0.2) is 4.98 Å². The Hall–Kier alpha value is -2.06. The standard InChI is InChI=1S/C16H13IN4O.ClH/c17-12-3-1-2-11(8-12)15(22)20-13-6-4-10(5-7-13)14-9-19-16(18)21-14;/h1-9H,(H,20,22)(H3,18,19,21);1H. The molecule has 3 rings (SSSR count). The van der Waals surface area contributed by atoms with Crippen molar-refractivity contribution >= 4 is 52.5 Å². The maximum absolute atomic E-state index is 12.2. The summed E-state index contributed by atoms with van der Waals surface area (Å²) in [7, 11) is 0. The summed E-state index contributed by atoms with van der Waals surface area (Å²) in [5, 5.41) is 2.88. The van der Waals surface area contributed by atoms with Crippen molar-refractivity contribution in [3.8, 4) is 11.3 Å². The van der Waals surface area contributed by atoms with Gasteiger partial charge in [0, 0.05) is 14.8 Å². The molecule has 118 valence electrons. The van der Waals surface area contributed by atoms with Crippen molar-refractivity contribution in [3.05, 3.63) is 63.9 Å². The largest absolute Gasteiger partial charge is 0.369 e. The minimum atomic E-state index is -0.128. The molecule has 1 amide bonds. The molecule has 0 saturated carbocycles. The summed E-state index contributed by atoms with van der Waals surface area (Å²) in [6.45, 7) is 0. The average molecular weight is 441 g/mol. The molecule has 0 atom stereocenters. The Morgan fingerprint density at radius 3 is 2.52 bits per heavy atom. The summed E-state index contributed by atoms with van der Waals surface area (Å²) < 4.78 is 1.03. The molecule has 2 aromatic carbocycles. The lowest BCUT2D eigenvalue weighted by atomic mass is 10.1. The summed E-state index contributed by atoms with van der Waals surface area (Å²) in [6, 6.07) is 14.9. The third-order valence-corrected chi connectivity index (χ3v) is 3.81. The molecule has 4 N–H and O–H groups in total. The van der Waals surface area contributed by atoms with Crippen LogP contribution in [-0.2, 0) is 0 Å². The molecule has 0 aliphatic heterocycles. The first-order valence-electron chi connectivity index (χ1n) is 6.59. The molecule has 0 spiro atoms. The lowest BCUT2D eigenvalue weighted by Gasteiger charge is -2.06. The Morgan fingerprint density at radius 1 is 1.17 bits per heavy atom. The molecular weight excluding hydrogens is 427 g/mol. The van der Waals surface area contributed by atoms with Crippen LogP contribution in [0.3, 0.4) is 0 Å². The molecule has 0 fully saturated rings. The molecule has 0 aliphatic carbocycles. The summed E-state index contributed by atoms with van der Waals surface area (Å²) in [6.07, 6.45) is 1.68.